The highest BCUT2D eigenvalue weighted by atomic mass is 35.5. The van der Waals surface area contributed by atoms with Gasteiger partial charge in [-0.05, 0) is 31.0 Å². The molecule has 0 bridgehead atoms. The first kappa shape index (κ1) is 15.4. The van der Waals surface area contributed by atoms with Gasteiger partial charge in [0.1, 0.15) is 11.2 Å². The summed E-state index contributed by atoms with van der Waals surface area (Å²) in [5.74, 6) is -1.96. The van der Waals surface area contributed by atoms with Crippen molar-refractivity contribution in [2.24, 2.45) is 5.41 Å². The maximum absolute atomic E-state index is 13.4. The first-order valence-corrected chi connectivity index (χ1v) is 6.89. The Balaban J connectivity index is 2.54. The molecular formula is C14H14ClFN2O3. The Bertz CT molecular complexity index is 608. The van der Waals surface area contributed by atoms with Gasteiger partial charge in [-0.25, -0.2) is 14.1 Å². The minimum Gasteiger partial charge on any atom is -0.276 e. The molecule has 1 aliphatic heterocycles. The maximum Gasteiger partial charge on any atom is 0.335 e. The zero-order valence-corrected chi connectivity index (χ0v) is 12.3. The van der Waals surface area contributed by atoms with Gasteiger partial charge in [0.25, 0.3) is 5.91 Å². The van der Waals surface area contributed by atoms with E-state index in [1.807, 2.05) is 0 Å². The summed E-state index contributed by atoms with van der Waals surface area (Å²) in [7, 11) is 0. The molecule has 21 heavy (non-hydrogen) atoms. The van der Waals surface area contributed by atoms with E-state index >= 15 is 0 Å². The Hall–Kier alpha value is -1.95. The van der Waals surface area contributed by atoms with E-state index in [0.717, 1.165) is 17.0 Å². The molecule has 0 atom stereocenters. The molecule has 0 unspecified atom stereocenters. The summed E-state index contributed by atoms with van der Waals surface area (Å²) in [6.07, 6.45) is 0.474. The van der Waals surface area contributed by atoms with Gasteiger partial charge < -0.3 is 0 Å². The molecule has 7 heteroatoms. The number of urea groups is 1. The van der Waals surface area contributed by atoms with Gasteiger partial charge in [0.15, 0.2) is 0 Å². The van der Waals surface area contributed by atoms with E-state index in [2.05, 4.69) is 5.32 Å². The van der Waals surface area contributed by atoms with Crippen molar-refractivity contribution in [2.45, 2.75) is 26.7 Å². The number of nitrogens with zero attached hydrogens (tertiary/aromatic N) is 1. The Morgan fingerprint density at radius 1 is 1.19 bits per heavy atom. The number of imide groups is 2. The predicted octanol–water partition coefficient (Wildman–Crippen LogP) is 2.87. The van der Waals surface area contributed by atoms with Crippen LogP contribution in [0.15, 0.2) is 18.2 Å². The van der Waals surface area contributed by atoms with E-state index in [0.29, 0.717) is 0 Å². The number of anilines is 1. The summed E-state index contributed by atoms with van der Waals surface area (Å²) in [5.41, 5.74) is -1.33. The fraction of sp³-hybridized carbons (Fsp3) is 0.357. The quantitative estimate of drug-likeness (QED) is 0.873. The third-order valence-electron chi connectivity index (χ3n) is 3.78. The Morgan fingerprint density at radius 2 is 1.81 bits per heavy atom. The second-order valence-corrected chi connectivity index (χ2v) is 5.25. The largest absolute Gasteiger partial charge is 0.335 e. The van der Waals surface area contributed by atoms with Crippen LogP contribution in [-0.2, 0) is 9.59 Å². The van der Waals surface area contributed by atoms with E-state index in [-0.39, 0.29) is 23.6 Å². The van der Waals surface area contributed by atoms with Crippen molar-refractivity contribution in [3.05, 3.63) is 29.0 Å². The fourth-order valence-corrected chi connectivity index (χ4v) is 2.67. The summed E-state index contributed by atoms with van der Waals surface area (Å²) >= 11 is 5.76. The van der Waals surface area contributed by atoms with Crippen LogP contribution >= 0.6 is 11.6 Å². The highest BCUT2D eigenvalue weighted by molar-refractivity contribution is 6.32. The van der Waals surface area contributed by atoms with Gasteiger partial charge in [0.2, 0.25) is 5.91 Å². The maximum atomic E-state index is 13.4. The number of benzene rings is 1. The van der Waals surface area contributed by atoms with Crippen LogP contribution in [0.3, 0.4) is 0 Å². The van der Waals surface area contributed by atoms with Crippen LogP contribution in [0.5, 0.6) is 0 Å². The van der Waals surface area contributed by atoms with Crippen LogP contribution in [0.1, 0.15) is 26.7 Å². The van der Waals surface area contributed by atoms with E-state index in [1.54, 1.807) is 13.8 Å². The average molecular weight is 313 g/mol. The zero-order valence-electron chi connectivity index (χ0n) is 11.6. The number of rotatable bonds is 3. The standard InChI is InChI=1S/C14H14ClFN2O3/c1-3-14(4-2)11(19)17-13(21)18(12(14)20)10-6-8(15)5-9(16)7-10/h5-7H,3-4H2,1-2H3,(H,17,19,21). The van der Waals surface area contributed by atoms with Crippen LogP contribution < -0.4 is 10.2 Å². The van der Waals surface area contributed by atoms with Gasteiger partial charge in [-0.2, -0.15) is 0 Å². The van der Waals surface area contributed by atoms with Crippen molar-refractivity contribution in [1.82, 2.24) is 5.32 Å². The lowest BCUT2D eigenvalue weighted by atomic mass is 9.78. The Morgan fingerprint density at radius 3 is 2.33 bits per heavy atom. The first-order valence-electron chi connectivity index (χ1n) is 6.51. The van der Waals surface area contributed by atoms with E-state index < -0.39 is 29.1 Å². The van der Waals surface area contributed by atoms with Crippen molar-refractivity contribution in [1.29, 1.82) is 0 Å². The SMILES string of the molecule is CCC1(CC)C(=O)NC(=O)N(c2cc(F)cc(Cl)c2)C1=O. The minimum absolute atomic E-state index is 0.00118. The van der Waals surface area contributed by atoms with Crippen LogP contribution in [0.2, 0.25) is 5.02 Å². The number of hydrogen-bond acceptors (Lipinski definition) is 3. The molecule has 1 aromatic rings. The van der Waals surface area contributed by atoms with E-state index in [4.69, 9.17) is 11.6 Å². The monoisotopic (exact) mass is 312 g/mol. The first-order chi connectivity index (χ1) is 9.85. The average Bonchev–Trinajstić information content (AvgIpc) is 2.38. The van der Waals surface area contributed by atoms with Crippen LogP contribution in [0, 0.1) is 11.2 Å². The van der Waals surface area contributed by atoms with Crippen molar-refractivity contribution >= 4 is 35.1 Å². The topological polar surface area (TPSA) is 66.5 Å². The number of barbiturate groups is 1. The summed E-state index contributed by atoms with van der Waals surface area (Å²) in [6, 6.07) is 2.49. The highest BCUT2D eigenvalue weighted by Crippen LogP contribution is 2.35. The van der Waals surface area contributed by atoms with Crippen LogP contribution in [0.25, 0.3) is 0 Å². The van der Waals surface area contributed by atoms with Crippen molar-refractivity contribution in [2.75, 3.05) is 4.90 Å². The molecule has 1 saturated heterocycles. The Labute approximate surface area is 126 Å². The third-order valence-corrected chi connectivity index (χ3v) is 4.00. The predicted molar refractivity (Wildman–Crippen MR) is 75.4 cm³/mol. The molecule has 1 N–H and O–H groups in total. The van der Waals surface area contributed by atoms with Gasteiger partial charge in [-0.1, -0.05) is 25.4 Å². The molecular weight excluding hydrogens is 299 g/mol. The molecule has 4 amide bonds. The molecule has 0 saturated carbocycles. The van der Waals surface area contributed by atoms with Gasteiger partial charge >= 0.3 is 6.03 Å². The smallest absolute Gasteiger partial charge is 0.276 e. The zero-order chi connectivity index (χ0) is 15.8. The molecule has 1 aliphatic rings. The van der Waals surface area contributed by atoms with Crippen molar-refractivity contribution < 1.29 is 18.8 Å². The van der Waals surface area contributed by atoms with E-state index in [9.17, 15) is 18.8 Å². The number of halogens is 2. The number of carbonyl (C=O) groups is 3. The second-order valence-electron chi connectivity index (χ2n) is 4.82. The van der Waals surface area contributed by atoms with Crippen molar-refractivity contribution in [3.8, 4) is 0 Å². The molecule has 5 nitrogen and oxygen atoms in total. The minimum atomic E-state index is -1.33. The molecule has 0 aromatic heterocycles. The van der Waals surface area contributed by atoms with Gasteiger partial charge in [0.05, 0.1) is 5.69 Å². The molecule has 0 spiro atoms. The highest BCUT2D eigenvalue weighted by Gasteiger charge is 2.52. The molecule has 2 rings (SSSR count). The summed E-state index contributed by atoms with van der Waals surface area (Å²) < 4.78 is 13.4. The third kappa shape index (κ3) is 2.40. The molecule has 1 fully saturated rings. The lowest BCUT2D eigenvalue weighted by Gasteiger charge is -2.38. The number of carbonyl (C=O) groups excluding carboxylic acids is 3. The molecule has 1 aromatic carbocycles. The van der Waals surface area contributed by atoms with Gasteiger partial charge in [-0.3, -0.25) is 14.9 Å². The fourth-order valence-electron chi connectivity index (χ4n) is 2.45. The molecule has 112 valence electrons. The lowest BCUT2D eigenvalue weighted by Crippen LogP contribution is -2.64. The van der Waals surface area contributed by atoms with E-state index in [1.165, 1.54) is 6.07 Å². The number of hydrogen-bond donors (Lipinski definition) is 1. The Kier molecular flexibility index (Phi) is 4.00. The summed E-state index contributed by atoms with van der Waals surface area (Å²) in [5, 5.41) is 2.21. The lowest BCUT2D eigenvalue weighted by molar-refractivity contribution is -0.143. The number of nitrogens with one attached hydrogen (secondary N) is 1. The second kappa shape index (κ2) is 5.44. The summed E-state index contributed by atoms with van der Waals surface area (Å²) in [4.78, 5) is 37.4. The summed E-state index contributed by atoms with van der Waals surface area (Å²) in [6.45, 7) is 3.38. The molecule has 0 aliphatic carbocycles. The molecule has 1 heterocycles. The van der Waals surface area contributed by atoms with Gasteiger partial charge in [-0.15, -0.1) is 0 Å². The normalized spacial score (nSPS) is 17.9. The molecule has 0 radical (unpaired) electrons. The van der Waals surface area contributed by atoms with Crippen molar-refractivity contribution in [3.63, 3.8) is 0 Å². The number of amides is 4. The van der Waals surface area contributed by atoms with Gasteiger partial charge in [0, 0.05) is 5.02 Å². The van der Waals surface area contributed by atoms with Crippen LogP contribution in [0.4, 0.5) is 14.9 Å². The van der Waals surface area contributed by atoms with Crippen LogP contribution in [-0.4, -0.2) is 17.8 Å².